The lowest BCUT2D eigenvalue weighted by molar-refractivity contribution is 0.321. The van der Waals surface area contributed by atoms with Gasteiger partial charge in [0.15, 0.2) is 11.6 Å². The van der Waals surface area contributed by atoms with E-state index in [1.807, 2.05) is 13.8 Å². The average molecular weight is 242 g/mol. The van der Waals surface area contributed by atoms with Gasteiger partial charge in [0, 0.05) is 0 Å². The zero-order valence-corrected chi connectivity index (χ0v) is 10.3. The largest absolute Gasteiger partial charge is 0.330 e. The van der Waals surface area contributed by atoms with E-state index in [0.717, 1.165) is 6.07 Å². The molecule has 96 valence electrons. The van der Waals surface area contributed by atoms with Crippen LogP contribution in [0.4, 0.5) is 8.78 Å². The van der Waals surface area contributed by atoms with Crippen LogP contribution in [0.25, 0.3) is 0 Å². The molecule has 0 amide bonds. The van der Waals surface area contributed by atoms with Crippen LogP contribution in [-0.2, 0) is 0 Å². The smallest absolute Gasteiger partial charge is 0.162 e. The molecule has 0 aliphatic rings. The number of benzene rings is 1. The van der Waals surface area contributed by atoms with Gasteiger partial charge < -0.3 is 11.5 Å². The van der Waals surface area contributed by atoms with E-state index in [2.05, 4.69) is 0 Å². The summed E-state index contributed by atoms with van der Waals surface area (Å²) in [6.07, 6.45) is 0. The van der Waals surface area contributed by atoms with Crippen LogP contribution in [0.5, 0.6) is 0 Å². The highest BCUT2D eigenvalue weighted by Gasteiger charge is 2.24. The minimum absolute atomic E-state index is 0.109. The van der Waals surface area contributed by atoms with E-state index in [1.165, 1.54) is 6.07 Å². The van der Waals surface area contributed by atoms with Gasteiger partial charge in [-0.15, -0.1) is 0 Å². The number of halogens is 2. The van der Waals surface area contributed by atoms with E-state index < -0.39 is 11.6 Å². The third-order valence-corrected chi connectivity index (χ3v) is 3.61. The van der Waals surface area contributed by atoms with Crippen molar-refractivity contribution in [3.05, 3.63) is 35.4 Å². The number of hydrogen-bond acceptors (Lipinski definition) is 2. The SMILES string of the molecule is CC(c1cccc(F)c1F)C(C)C(CN)CN. The molecule has 2 atom stereocenters. The van der Waals surface area contributed by atoms with E-state index in [9.17, 15) is 8.78 Å². The Labute approximate surface area is 101 Å². The van der Waals surface area contributed by atoms with Crippen molar-refractivity contribution in [2.75, 3.05) is 13.1 Å². The van der Waals surface area contributed by atoms with Gasteiger partial charge in [0.25, 0.3) is 0 Å². The quantitative estimate of drug-likeness (QED) is 0.832. The van der Waals surface area contributed by atoms with Gasteiger partial charge in [-0.2, -0.15) is 0 Å². The van der Waals surface area contributed by atoms with Crippen LogP contribution in [0.15, 0.2) is 18.2 Å². The molecule has 0 bridgehead atoms. The number of hydrogen-bond donors (Lipinski definition) is 2. The molecule has 2 nitrogen and oxygen atoms in total. The van der Waals surface area contributed by atoms with E-state index in [0.29, 0.717) is 18.7 Å². The van der Waals surface area contributed by atoms with Crippen molar-refractivity contribution in [2.24, 2.45) is 23.3 Å². The minimum atomic E-state index is -0.807. The molecule has 0 saturated heterocycles. The van der Waals surface area contributed by atoms with Gasteiger partial charge in [-0.1, -0.05) is 26.0 Å². The highest BCUT2D eigenvalue weighted by atomic mass is 19.2. The van der Waals surface area contributed by atoms with Crippen LogP contribution in [0.1, 0.15) is 25.3 Å². The summed E-state index contributed by atoms with van der Waals surface area (Å²) in [6.45, 7) is 4.76. The second-order valence-corrected chi connectivity index (χ2v) is 4.52. The molecule has 0 fully saturated rings. The van der Waals surface area contributed by atoms with Crippen molar-refractivity contribution in [2.45, 2.75) is 19.8 Å². The molecule has 4 N–H and O–H groups in total. The monoisotopic (exact) mass is 242 g/mol. The summed E-state index contributed by atoms with van der Waals surface area (Å²) >= 11 is 0. The molecule has 0 aromatic heterocycles. The number of nitrogens with two attached hydrogens (primary N) is 2. The zero-order chi connectivity index (χ0) is 13.0. The number of rotatable bonds is 5. The molecular formula is C13H20F2N2. The molecule has 0 aliphatic carbocycles. The fourth-order valence-corrected chi connectivity index (χ4v) is 2.09. The summed E-state index contributed by atoms with van der Waals surface area (Å²) in [5.74, 6) is -1.45. The summed E-state index contributed by atoms with van der Waals surface area (Å²) in [6, 6.07) is 4.26. The van der Waals surface area contributed by atoms with Gasteiger partial charge in [0.1, 0.15) is 0 Å². The molecule has 0 saturated carbocycles. The van der Waals surface area contributed by atoms with Crippen molar-refractivity contribution in [1.29, 1.82) is 0 Å². The molecule has 1 aromatic carbocycles. The Bertz CT molecular complexity index is 364. The fraction of sp³-hybridized carbons (Fsp3) is 0.538. The van der Waals surface area contributed by atoms with Crippen LogP contribution in [-0.4, -0.2) is 13.1 Å². The molecular weight excluding hydrogens is 222 g/mol. The normalized spacial score (nSPS) is 15.0. The van der Waals surface area contributed by atoms with Gasteiger partial charge in [0.2, 0.25) is 0 Å². The third kappa shape index (κ3) is 3.01. The van der Waals surface area contributed by atoms with Crippen molar-refractivity contribution < 1.29 is 8.78 Å². The lowest BCUT2D eigenvalue weighted by Crippen LogP contribution is -2.31. The first-order valence-electron chi connectivity index (χ1n) is 5.87. The van der Waals surface area contributed by atoms with Crippen LogP contribution in [0.2, 0.25) is 0 Å². The Morgan fingerprint density at radius 2 is 1.71 bits per heavy atom. The van der Waals surface area contributed by atoms with Gasteiger partial charge >= 0.3 is 0 Å². The second-order valence-electron chi connectivity index (χ2n) is 4.52. The van der Waals surface area contributed by atoms with Crippen LogP contribution < -0.4 is 11.5 Å². The summed E-state index contributed by atoms with van der Waals surface area (Å²) in [7, 11) is 0. The molecule has 4 heteroatoms. The maximum atomic E-state index is 13.6. The van der Waals surface area contributed by atoms with Crippen molar-refractivity contribution >= 4 is 0 Å². The molecule has 0 heterocycles. The molecule has 1 aromatic rings. The first-order chi connectivity index (χ1) is 8.02. The van der Waals surface area contributed by atoms with E-state index >= 15 is 0 Å². The standard InChI is InChI=1S/C13H20F2N2/c1-8(10(6-16)7-17)9(2)11-4-3-5-12(14)13(11)15/h3-5,8-10H,6-7,16-17H2,1-2H3. The fourth-order valence-electron chi connectivity index (χ4n) is 2.09. The summed E-state index contributed by atoms with van der Waals surface area (Å²) in [4.78, 5) is 0. The lowest BCUT2D eigenvalue weighted by atomic mass is 9.80. The lowest BCUT2D eigenvalue weighted by Gasteiger charge is -2.27. The minimum Gasteiger partial charge on any atom is -0.330 e. The molecule has 2 unspecified atom stereocenters. The predicted molar refractivity (Wildman–Crippen MR) is 65.5 cm³/mol. The average Bonchev–Trinajstić information content (AvgIpc) is 2.33. The topological polar surface area (TPSA) is 52.0 Å². The first-order valence-corrected chi connectivity index (χ1v) is 5.87. The summed E-state index contributed by atoms with van der Waals surface area (Å²) < 4.78 is 26.8. The predicted octanol–water partition coefficient (Wildman–Crippen LogP) is 2.24. The van der Waals surface area contributed by atoms with E-state index in [1.54, 1.807) is 6.07 Å². The van der Waals surface area contributed by atoms with Crippen molar-refractivity contribution in [3.63, 3.8) is 0 Å². The second kappa shape index (κ2) is 6.07. The Kier molecular flexibility index (Phi) is 5.02. The van der Waals surface area contributed by atoms with E-state index in [4.69, 9.17) is 11.5 Å². The summed E-state index contributed by atoms with van der Waals surface area (Å²) in [5, 5.41) is 0. The molecule has 17 heavy (non-hydrogen) atoms. The van der Waals surface area contributed by atoms with Crippen molar-refractivity contribution in [3.8, 4) is 0 Å². The molecule has 0 aliphatic heterocycles. The molecule has 0 radical (unpaired) electrons. The maximum Gasteiger partial charge on any atom is 0.162 e. The Hall–Kier alpha value is -1.00. The molecule has 1 rings (SSSR count). The van der Waals surface area contributed by atoms with Crippen LogP contribution in [0, 0.1) is 23.5 Å². The third-order valence-electron chi connectivity index (χ3n) is 3.61. The van der Waals surface area contributed by atoms with Crippen LogP contribution in [0.3, 0.4) is 0 Å². The first kappa shape index (κ1) is 14.1. The molecule has 0 spiro atoms. The maximum absolute atomic E-state index is 13.6. The highest BCUT2D eigenvalue weighted by molar-refractivity contribution is 5.23. The summed E-state index contributed by atoms with van der Waals surface area (Å²) in [5.41, 5.74) is 11.6. The zero-order valence-electron chi connectivity index (χ0n) is 10.3. The van der Waals surface area contributed by atoms with Crippen molar-refractivity contribution in [1.82, 2.24) is 0 Å². The van der Waals surface area contributed by atoms with Gasteiger partial charge in [-0.25, -0.2) is 8.78 Å². The Morgan fingerprint density at radius 1 is 1.12 bits per heavy atom. The van der Waals surface area contributed by atoms with Gasteiger partial charge in [0.05, 0.1) is 0 Å². The highest BCUT2D eigenvalue weighted by Crippen LogP contribution is 2.31. The van der Waals surface area contributed by atoms with Gasteiger partial charge in [-0.3, -0.25) is 0 Å². The van der Waals surface area contributed by atoms with E-state index in [-0.39, 0.29) is 17.8 Å². The Balaban J connectivity index is 2.95. The van der Waals surface area contributed by atoms with Crippen LogP contribution >= 0.6 is 0 Å². The Morgan fingerprint density at radius 3 is 2.24 bits per heavy atom. The van der Waals surface area contributed by atoms with Gasteiger partial charge in [-0.05, 0) is 42.5 Å².